The van der Waals surface area contributed by atoms with Crippen LogP contribution in [0.15, 0.2) is 59.5 Å². The fourth-order valence-corrected chi connectivity index (χ4v) is 3.93. The smallest absolute Gasteiger partial charge is 0.250 e. The Labute approximate surface area is 129 Å². The normalized spacial score (nSPS) is 16.4. The van der Waals surface area contributed by atoms with Crippen molar-refractivity contribution in [2.24, 2.45) is 0 Å². The molecule has 1 aliphatic rings. The standard InChI is InChI=1S/C16H18N2O3S/c19-16-8-4-5-11-18(16)12-15(13-6-2-1-3-7-13)17-22(20,21)14-9-10-14/h1-8,11,14-15,17H,9-10,12H2/t15-/m0/s1. The summed E-state index contributed by atoms with van der Waals surface area (Å²) < 4.78 is 28.8. The van der Waals surface area contributed by atoms with Crippen molar-refractivity contribution in [3.8, 4) is 0 Å². The van der Waals surface area contributed by atoms with E-state index < -0.39 is 16.1 Å². The molecule has 0 unspecified atom stereocenters. The second-order valence-electron chi connectivity index (χ2n) is 5.52. The van der Waals surface area contributed by atoms with Gasteiger partial charge in [-0.2, -0.15) is 0 Å². The van der Waals surface area contributed by atoms with Gasteiger partial charge in [0.15, 0.2) is 0 Å². The molecule has 0 amide bonds. The lowest BCUT2D eigenvalue weighted by atomic mass is 10.1. The Morgan fingerprint density at radius 2 is 1.77 bits per heavy atom. The Hall–Kier alpha value is -1.92. The van der Waals surface area contributed by atoms with Gasteiger partial charge in [-0.25, -0.2) is 13.1 Å². The number of sulfonamides is 1. The molecule has 1 fully saturated rings. The molecular weight excluding hydrogens is 300 g/mol. The second-order valence-corrected chi connectivity index (χ2v) is 7.51. The third-order valence-electron chi connectivity index (χ3n) is 3.75. The Bertz CT molecular complexity index is 795. The van der Waals surface area contributed by atoms with Crippen LogP contribution in [-0.2, 0) is 16.6 Å². The highest BCUT2D eigenvalue weighted by molar-refractivity contribution is 7.90. The summed E-state index contributed by atoms with van der Waals surface area (Å²) in [5.41, 5.74) is 0.705. The molecule has 2 aromatic rings. The lowest BCUT2D eigenvalue weighted by Gasteiger charge is -2.20. The summed E-state index contributed by atoms with van der Waals surface area (Å²) in [6, 6.07) is 13.8. The first kappa shape index (κ1) is 15.0. The van der Waals surface area contributed by atoms with E-state index in [1.165, 1.54) is 10.6 Å². The van der Waals surface area contributed by atoms with Crippen LogP contribution in [0.2, 0.25) is 0 Å². The van der Waals surface area contributed by atoms with Gasteiger partial charge in [0.1, 0.15) is 0 Å². The van der Waals surface area contributed by atoms with E-state index in [2.05, 4.69) is 4.72 Å². The number of nitrogens with one attached hydrogen (secondary N) is 1. The first-order chi connectivity index (χ1) is 10.6. The highest BCUT2D eigenvalue weighted by atomic mass is 32.2. The zero-order chi connectivity index (χ0) is 15.6. The summed E-state index contributed by atoms with van der Waals surface area (Å²) in [4.78, 5) is 11.9. The molecule has 1 saturated carbocycles. The maximum absolute atomic E-state index is 12.3. The zero-order valence-corrected chi connectivity index (χ0v) is 12.9. The number of aromatic nitrogens is 1. The minimum Gasteiger partial charge on any atom is -0.314 e. The maximum Gasteiger partial charge on any atom is 0.250 e. The van der Waals surface area contributed by atoms with Crippen LogP contribution in [0, 0.1) is 0 Å². The zero-order valence-electron chi connectivity index (χ0n) is 12.1. The molecule has 116 valence electrons. The summed E-state index contributed by atoms with van der Waals surface area (Å²) in [6.45, 7) is 0.273. The van der Waals surface area contributed by atoms with Gasteiger partial charge in [0, 0.05) is 18.8 Å². The van der Waals surface area contributed by atoms with E-state index in [1.54, 1.807) is 18.3 Å². The van der Waals surface area contributed by atoms with E-state index in [9.17, 15) is 13.2 Å². The molecule has 0 radical (unpaired) electrons. The van der Waals surface area contributed by atoms with Crippen LogP contribution >= 0.6 is 0 Å². The largest absolute Gasteiger partial charge is 0.314 e. The van der Waals surface area contributed by atoms with Gasteiger partial charge in [-0.15, -0.1) is 0 Å². The summed E-state index contributed by atoms with van der Waals surface area (Å²) >= 11 is 0. The molecule has 1 atom stereocenters. The molecule has 6 heteroatoms. The third kappa shape index (κ3) is 3.45. The molecule has 0 saturated heterocycles. The van der Waals surface area contributed by atoms with Gasteiger partial charge in [-0.1, -0.05) is 36.4 Å². The predicted octanol–water partition coefficient (Wildman–Crippen LogP) is 1.67. The number of rotatable bonds is 6. The lowest BCUT2D eigenvalue weighted by Crippen LogP contribution is -2.35. The Morgan fingerprint density at radius 1 is 1.09 bits per heavy atom. The number of hydrogen-bond donors (Lipinski definition) is 1. The van der Waals surface area contributed by atoms with Crippen LogP contribution in [-0.4, -0.2) is 18.2 Å². The van der Waals surface area contributed by atoms with Crippen LogP contribution in [0.4, 0.5) is 0 Å². The monoisotopic (exact) mass is 318 g/mol. The molecule has 0 spiro atoms. The highest BCUT2D eigenvalue weighted by Gasteiger charge is 2.37. The van der Waals surface area contributed by atoms with Gasteiger partial charge in [0.2, 0.25) is 10.0 Å². The fourth-order valence-electron chi connectivity index (χ4n) is 2.38. The fraction of sp³-hybridized carbons (Fsp3) is 0.312. The van der Waals surface area contributed by atoms with E-state index >= 15 is 0 Å². The average Bonchev–Trinajstić information content (AvgIpc) is 3.35. The van der Waals surface area contributed by atoms with Crippen molar-refractivity contribution in [1.29, 1.82) is 0 Å². The third-order valence-corrected chi connectivity index (χ3v) is 5.71. The predicted molar refractivity (Wildman–Crippen MR) is 85.0 cm³/mol. The van der Waals surface area contributed by atoms with Crippen LogP contribution in [0.25, 0.3) is 0 Å². The summed E-state index contributed by atoms with van der Waals surface area (Å²) in [5.74, 6) is 0. The van der Waals surface area contributed by atoms with Gasteiger partial charge >= 0.3 is 0 Å². The van der Waals surface area contributed by atoms with E-state index in [1.807, 2.05) is 30.3 Å². The molecule has 5 nitrogen and oxygen atoms in total. The van der Waals surface area contributed by atoms with E-state index in [-0.39, 0.29) is 17.4 Å². The molecule has 0 bridgehead atoms. The van der Waals surface area contributed by atoms with Crippen molar-refractivity contribution < 1.29 is 8.42 Å². The summed E-state index contributed by atoms with van der Waals surface area (Å²) in [5, 5.41) is -0.286. The van der Waals surface area contributed by atoms with Crippen molar-refractivity contribution in [3.05, 3.63) is 70.6 Å². The van der Waals surface area contributed by atoms with Gasteiger partial charge in [-0.05, 0) is 24.5 Å². The SMILES string of the molecule is O=c1ccccn1C[C@H](NS(=O)(=O)C1CC1)c1ccccc1. The first-order valence-corrected chi connectivity index (χ1v) is 8.82. The van der Waals surface area contributed by atoms with Gasteiger partial charge < -0.3 is 4.57 Å². The number of pyridine rings is 1. The molecule has 22 heavy (non-hydrogen) atoms. The minimum absolute atomic E-state index is 0.144. The Kier molecular flexibility index (Phi) is 4.13. The first-order valence-electron chi connectivity index (χ1n) is 7.28. The van der Waals surface area contributed by atoms with Crippen molar-refractivity contribution in [2.45, 2.75) is 30.7 Å². The van der Waals surface area contributed by atoms with Gasteiger partial charge in [0.25, 0.3) is 5.56 Å². The van der Waals surface area contributed by atoms with Crippen LogP contribution < -0.4 is 10.3 Å². The van der Waals surface area contributed by atoms with Crippen LogP contribution in [0.5, 0.6) is 0 Å². The van der Waals surface area contributed by atoms with Crippen LogP contribution in [0.3, 0.4) is 0 Å². The summed E-state index contributed by atoms with van der Waals surface area (Å²) in [7, 11) is -3.33. The molecular formula is C16H18N2O3S. The van der Waals surface area contributed by atoms with E-state index in [4.69, 9.17) is 0 Å². The molecule has 3 rings (SSSR count). The molecule has 1 aliphatic carbocycles. The van der Waals surface area contributed by atoms with Gasteiger partial charge in [-0.3, -0.25) is 4.79 Å². The van der Waals surface area contributed by atoms with Crippen molar-refractivity contribution in [2.75, 3.05) is 0 Å². The van der Waals surface area contributed by atoms with E-state index in [0.717, 1.165) is 5.56 Å². The highest BCUT2D eigenvalue weighted by Crippen LogP contribution is 2.29. The molecule has 0 aliphatic heterocycles. The topological polar surface area (TPSA) is 68.2 Å². The molecule has 1 aromatic carbocycles. The quantitative estimate of drug-likeness (QED) is 0.881. The summed E-state index contributed by atoms with van der Waals surface area (Å²) in [6.07, 6.45) is 3.09. The van der Waals surface area contributed by atoms with Crippen molar-refractivity contribution in [1.82, 2.24) is 9.29 Å². The minimum atomic E-state index is -3.33. The average molecular weight is 318 g/mol. The van der Waals surface area contributed by atoms with E-state index in [0.29, 0.717) is 12.8 Å². The second kappa shape index (κ2) is 6.06. The Balaban J connectivity index is 1.89. The maximum atomic E-state index is 12.3. The number of nitrogens with zero attached hydrogens (tertiary/aromatic N) is 1. The number of hydrogen-bond acceptors (Lipinski definition) is 3. The number of benzene rings is 1. The molecule has 1 aromatic heterocycles. The Morgan fingerprint density at radius 3 is 2.41 bits per heavy atom. The van der Waals surface area contributed by atoms with Crippen molar-refractivity contribution in [3.63, 3.8) is 0 Å². The van der Waals surface area contributed by atoms with Crippen molar-refractivity contribution >= 4 is 10.0 Å². The van der Waals surface area contributed by atoms with Gasteiger partial charge in [0.05, 0.1) is 11.3 Å². The lowest BCUT2D eigenvalue weighted by molar-refractivity contribution is 0.502. The van der Waals surface area contributed by atoms with Crippen LogP contribution in [0.1, 0.15) is 24.4 Å². The molecule has 1 N–H and O–H groups in total. The molecule has 1 heterocycles.